The number of carbonyl (C=O) groups is 1. The third kappa shape index (κ3) is 4.36. The van der Waals surface area contributed by atoms with Gasteiger partial charge in [-0.25, -0.2) is 4.79 Å². The molecular weight excluding hydrogens is 292 g/mol. The van der Waals surface area contributed by atoms with Crippen molar-refractivity contribution in [1.82, 2.24) is 0 Å². The Balaban J connectivity index is 2.03. The summed E-state index contributed by atoms with van der Waals surface area (Å²) < 4.78 is 15.8. The molecule has 0 spiro atoms. The van der Waals surface area contributed by atoms with Crippen molar-refractivity contribution in [3.63, 3.8) is 0 Å². The maximum atomic E-state index is 11.9. The van der Waals surface area contributed by atoms with E-state index >= 15 is 0 Å². The number of methoxy groups -OCH3 is 2. The zero-order chi connectivity index (χ0) is 16.7. The number of carbonyl (C=O) groups excluding carboxylic acids is 1. The number of hydrogen-bond donors (Lipinski definition) is 0. The Labute approximate surface area is 136 Å². The second-order valence-electron chi connectivity index (χ2n) is 4.95. The third-order valence-electron chi connectivity index (χ3n) is 3.46. The molecule has 0 saturated heterocycles. The van der Waals surface area contributed by atoms with Crippen molar-refractivity contribution in [2.45, 2.75) is 13.5 Å². The first-order valence-electron chi connectivity index (χ1n) is 7.26. The minimum absolute atomic E-state index is 0.255. The van der Waals surface area contributed by atoms with Crippen LogP contribution < -0.4 is 9.47 Å². The summed E-state index contributed by atoms with van der Waals surface area (Å²) >= 11 is 0. The number of rotatable bonds is 6. The lowest BCUT2D eigenvalue weighted by Gasteiger charge is -2.09. The van der Waals surface area contributed by atoms with Gasteiger partial charge in [0.2, 0.25) is 0 Å². The largest absolute Gasteiger partial charge is 0.493 e. The zero-order valence-corrected chi connectivity index (χ0v) is 13.5. The van der Waals surface area contributed by atoms with Gasteiger partial charge in [0.15, 0.2) is 11.5 Å². The molecular formula is C19H20O4. The highest BCUT2D eigenvalue weighted by molar-refractivity contribution is 5.87. The lowest BCUT2D eigenvalue weighted by molar-refractivity contribution is -0.138. The van der Waals surface area contributed by atoms with E-state index in [1.54, 1.807) is 26.4 Å². The minimum atomic E-state index is -0.405. The molecule has 0 aliphatic carbocycles. The first kappa shape index (κ1) is 16.6. The summed E-state index contributed by atoms with van der Waals surface area (Å²) in [6.07, 6.45) is 3.04. The number of benzene rings is 2. The van der Waals surface area contributed by atoms with Gasteiger partial charge in [-0.15, -0.1) is 0 Å². The van der Waals surface area contributed by atoms with Crippen LogP contribution in [0.4, 0.5) is 0 Å². The topological polar surface area (TPSA) is 44.8 Å². The van der Waals surface area contributed by atoms with Gasteiger partial charge in [-0.1, -0.05) is 36.4 Å². The Morgan fingerprint density at radius 2 is 1.83 bits per heavy atom. The van der Waals surface area contributed by atoms with Crippen molar-refractivity contribution in [3.8, 4) is 11.5 Å². The van der Waals surface area contributed by atoms with Gasteiger partial charge in [0, 0.05) is 11.6 Å². The molecule has 0 heterocycles. The summed E-state index contributed by atoms with van der Waals surface area (Å²) in [5, 5.41) is 0. The second-order valence-corrected chi connectivity index (χ2v) is 4.95. The van der Waals surface area contributed by atoms with Crippen LogP contribution in [-0.4, -0.2) is 20.2 Å². The normalized spacial score (nSPS) is 10.6. The average Bonchev–Trinajstić information content (AvgIpc) is 2.58. The van der Waals surface area contributed by atoms with Crippen molar-refractivity contribution < 1.29 is 19.0 Å². The molecule has 2 aromatic carbocycles. The monoisotopic (exact) mass is 312 g/mol. The number of aryl methyl sites for hydroxylation is 1. The number of esters is 1. The Hall–Kier alpha value is -2.75. The minimum Gasteiger partial charge on any atom is -0.493 e. The van der Waals surface area contributed by atoms with E-state index in [4.69, 9.17) is 14.2 Å². The fourth-order valence-corrected chi connectivity index (χ4v) is 2.17. The number of para-hydroxylation sites is 1. The molecule has 0 saturated carbocycles. The predicted molar refractivity (Wildman–Crippen MR) is 89.6 cm³/mol. The van der Waals surface area contributed by atoms with E-state index in [-0.39, 0.29) is 6.61 Å². The molecule has 0 unspecified atom stereocenters. The van der Waals surface area contributed by atoms with Crippen LogP contribution in [0.25, 0.3) is 6.08 Å². The molecule has 0 amide bonds. The van der Waals surface area contributed by atoms with Crippen LogP contribution >= 0.6 is 0 Å². The SMILES string of the molecule is COc1cccc(/C=C/C(=O)OCc2ccccc2C)c1OC. The maximum absolute atomic E-state index is 11.9. The highest BCUT2D eigenvalue weighted by atomic mass is 16.5. The van der Waals surface area contributed by atoms with Crippen LogP contribution in [0, 0.1) is 6.92 Å². The summed E-state index contributed by atoms with van der Waals surface area (Å²) in [7, 11) is 3.13. The molecule has 2 aromatic rings. The van der Waals surface area contributed by atoms with Crippen LogP contribution in [0.15, 0.2) is 48.5 Å². The molecule has 0 radical (unpaired) electrons. The number of ether oxygens (including phenoxy) is 3. The van der Waals surface area contributed by atoms with Crippen LogP contribution in [0.2, 0.25) is 0 Å². The van der Waals surface area contributed by atoms with Crippen molar-refractivity contribution in [2.24, 2.45) is 0 Å². The van der Waals surface area contributed by atoms with E-state index in [2.05, 4.69) is 0 Å². The molecule has 0 aromatic heterocycles. The molecule has 0 atom stereocenters. The van der Waals surface area contributed by atoms with Gasteiger partial charge >= 0.3 is 5.97 Å². The summed E-state index contributed by atoms with van der Waals surface area (Å²) in [5.74, 6) is 0.791. The fraction of sp³-hybridized carbons (Fsp3) is 0.211. The second kappa shape index (κ2) is 8.03. The standard InChI is InChI=1S/C19H20O4/c1-14-7-4-5-8-16(14)13-23-18(20)12-11-15-9-6-10-17(21-2)19(15)22-3/h4-12H,13H2,1-3H3/b12-11+. The van der Waals surface area contributed by atoms with Crippen molar-refractivity contribution in [3.05, 3.63) is 65.2 Å². The molecule has 4 nitrogen and oxygen atoms in total. The predicted octanol–water partition coefficient (Wildman–Crippen LogP) is 3.77. The molecule has 0 N–H and O–H groups in total. The highest BCUT2D eigenvalue weighted by Gasteiger charge is 2.07. The summed E-state index contributed by atoms with van der Waals surface area (Å²) in [5.41, 5.74) is 2.84. The summed E-state index contributed by atoms with van der Waals surface area (Å²) in [6.45, 7) is 2.24. The van der Waals surface area contributed by atoms with Gasteiger partial charge in [0.1, 0.15) is 6.61 Å². The average molecular weight is 312 g/mol. The molecule has 0 aliphatic rings. The Morgan fingerprint density at radius 3 is 2.52 bits per heavy atom. The Bertz CT molecular complexity index is 704. The van der Waals surface area contributed by atoms with Crippen molar-refractivity contribution in [1.29, 1.82) is 0 Å². The van der Waals surface area contributed by atoms with Crippen molar-refractivity contribution in [2.75, 3.05) is 14.2 Å². The molecule has 4 heteroatoms. The molecule has 0 aliphatic heterocycles. The fourth-order valence-electron chi connectivity index (χ4n) is 2.17. The van der Waals surface area contributed by atoms with Crippen LogP contribution in [0.3, 0.4) is 0 Å². The van der Waals surface area contributed by atoms with E-state index < -0.39 is 5.97 Å². The Morgan fingerprint density at radius 1 is 1.04 bits per heavy atom. The van der Waals surface area contributed by atoms with E-state index in [1.807, 2.05) is 43.3 Å². The first-order valence-corrected chi connectivity index (χ1v) is 7.26. The van der Waals surface area contributed by atoms with Gasteiger partial charge in [0.25, 0.3) is 0 Å². The smallest absolute Gasteiger partial charge is 0.331 e. The van der Waals surface area contributed by atoms with Gasteiger partial charge in [-0.2, -0.15) is 0 Å². The maximum Gasteiger partial charge on any atom is 0.331 e. The van der Waals surface area contributed by atoms with Crippen LogP contribution in [-0.2, 0) is 16.1 Å². The highest BCUT2D eigenvalue weighted by Crippen LogP contribution is 2.31. The number of hydrogen-bond acceptors (Lipinski definition) is 4. The quantitative estimate of drug-likeness (QED) is 0.601. The summed E-state index contributed by atoms with van der Waals surface area (Å²) in [6, 6.07) is 13.3. The zero-order valence-electron chi connectivity index (χ0n) is 13.5. The molecule has 23 heavy (non-hydrogen) atoms. The third-order valence-corrected chi connectivity index (χ3v) is 3.46. The lowest BCUT2D eigenvalue weighted by Crippen LogP contribution is -2.02. The Kier molecular flexibility index (Phi) is 5.80. The van der Waals surface area contributed by atoms with Gasteiger partial charge in [-0.3, -0.25) is 0 Å². The molecule has 120 valence electrons. The van der Waals surface area contributed by atoms with Gasteiger partial charge in [0.05, 0.1) is 14.2 Å². The van der Waals surface area contributed by atoms with E-state index in [0.717, 1.165) is 16.7 Å². The van der Waals surface area contributed by atoms with Crippen molar-refractivity contribution >= 4 is 12.0 Å². The van der Waals surface area contributed by atoms with E-state index in [9.17, 15) is 4.79 Å². The summed E-state index contributed by atoms with van der Waals surface area (Å²) in [4.78, 5) is 11.9. The van der Waals surface area contributed by atoms with E-state index in [1.165, 1.54) is 6.08 Å². The molecule has 0 bridgehead atoms. The van der Waals surface area contributed by atoms with Gasteiger partial charge in [-0.05, 0) is 30.2 Å². The van der Waals surface area contributed by atoms with Crippen LogP contribution in [0.1, 0.15) is 16.7 Å². The molecule has 2 rings (SSSR count). The first-order chi connectivity index (χ1) is 11.2. The van der Waals surface area contributed by atoms with Crippen LogP contribution in [0.5, 0.6) is 11.5 Å². The lowest BCUT2D eigenvalue weighted by atomic mass is 10.1. The van der Waals surface area contributed by atoms with E-state index in [0.29, 0.717) is 11.5 Å². The molecule has 0 fully saturated rings. The van der Waals surface area contributed by atoms with Gasteiger partial charge < -0.3 is 14.2 Å².